The average molecular weight is 506 g/mol. The van der Waals surface area contributed by atoms with Crippen LogP contribution in [-0.4, -0.2) is 27.1 Å². The number of hydrogen-bond donors (Lipinski definition) is 3. The number of halogens is 5. The molecule has 0 unspecified atom stereocenters. The van der Waals surface area contributed by atoms with Crippen molar-refractivity contribution in [2.45, 2.75) is 24.8 Å². The highest BCUT2D eigenvalue weighted by Crippen LogP contribution is 2.65. The number of nitrogens with zero attached hydrogens (tertiary/aromatic N) is 1. The first kappa shape index (κ1) is 25.3. The molecule has 0 saturated carbocycles. The molecule has 0 aliphatic heterocycles. The minimum atomic E-state index is -5.54. The van der Waals surface area contributed by atoms with E-state index in [2.05, 4.69) is 0 Å². The standard InChI is InChI=1S/C24H19BF5NO3P/c25-21-11-16(6-8-20(21)24(29,30)35(32,33)34)13-31-14-17(10-15-4-2-1-3-5-15)19-12-18(23(26,27)28)7-9-22(19)31/h1-9,11-12,14,32-34H,10,13H2/q+1. The molecule has 4 aromatic rings. The molecule has 0 amide bonds. The molecule has 3 N–H and O–H groups in total. The first-order chi connectivity index (χ1) is 16.3. The predicted octanol–water partition coefficient (Wildman–Crippen LogP) is 4.88. The lowest BCUT2D eigenvalue weighted by Gasteiger charge is -2.19. The third-order valence-corrected chi connectivity index (χ3v) is 6.69. The van der Waals surface area contributed by atoms with Crippen LogP contribution in [0.25, 0.3) is 10.9 Å². The largest absolute Gasteiger partial charge is 0.484 e. The summed E-state index contributed by atoms with van der Waals surface area (Å²) in [6.45, 7) is 0.102. The van der Waals surface area contributed by atoms with Crippen molar-refractivity contribution in [3.63, 3.8) is 0 Å². The van der Waals surface area contributed by atoms with Crippen molar-refractivity contribution in [1.82, 2.24) is 4.57 Å². The van der Waals surface area contributed by atoms with Crippen LogP contribution < -0.4 is 5.46 Å². The van der Waals surface area contributed by atoms with Crippen molar-refractivity contribution < 1.29 is 36.6 Å². The van der Waals surface area contributed by atoms with Gasteiger partial charge in [-0.15, -0.1) is 0 Å². The summed E-state index contributed by atoms with van der Waals surface area (Å²) in [5.41, 5.74) is -3.99. The zero-order valence-corrected chi connectivity index (χ0v) is 18.9. The maximum atomic E-state index is 14.2. The molecule has 4 nitrogen and oxygen atoms in total. The van der Waals surface area contributed by atoms with E-state index in [1.807, 2.05) is 30.3 Å². The Morgan fingerprint density at radius 2 is 1.51 bits per heavy atom. The molecule has 2 radical (unpaired) electrons. The zero-order chi connectivity index (χ0) is 25.6. The van der Waals surface area contributed by atoms with Gasteiger partial charge in [-0.05, 0) is 47.4 Å². The normalized spacial score (nSPS) is 12.9. The molecule has 0 atom stereocenters. The Bertz CT molecular complexity index is 1370. The van der Waals surface area contributed by atoms with Gasteiger partial charge in [-0.2, -0.15) is 36.6 Å². The average Bonchev–Trinajstić information content (AvgIpc) is 3.09. The lowest BCUT2D eigenvalue weighted by Crippen LogP contribution is -2.26. The van der Waals surface area contributed by atoms with E-state index in [1.54, 1.807) is 10.8 Å². The molecule has 0 aliphatic rings. The van der Waals surface area contributed by atoms with Crippen molar-refractivity contribution in [3.05, 3.63) is 101 Å². The van der Waals surface area contributed by atoms with Gasteiger partial charge in [0.05, 0.1) is 11.1 Å². The summed E-state index contributed by atoms with van der Waals surface area (Å²) in [5, 5.41) is 0.412. The summed E-state index contributed by atoms with van der Waals surface area (Å²) >= 11 is 0. The van der Waals surface area contributed by atoms with Gasteiger partial charge in [0.15, 0.2) is 0 Å². The molecular formula is C24H19BF5NO3P+. The molecule has 1 heterocycles. The molecule has 0 fully saturated rings. The first-order valence-corrected chi connectivity index (χ1v) is 12.0. The maximum Gasteiger partial charge on any atom is 0.484 e. The van der Waals surface area contributed by atoms with Crippen LogP contribution >= 0.6 is 7.94 Å². The van der Waals surface area contributed by atoms with Gasteiger partial charge in [0.2, 0.25) is 0 Å². The Balaban J connectivity index is 1.75. The van der Waals surface area contributed by atoms with Crippen LogP contribution in [0.3, 0.4) is 0 Å². The Labute approximate surface area is 199 Å². The predicted molar refractivity (Wildman–Crippen MR) is 125 cm³/mol. The second-order valence-electron chi connectivity index (χ2n) is 8.21. The summed E-state index contributed by atoms with van der Waals surface area (Å²) in [5.74, 6) is 0. The molecule has 11 heteroatoms. The summed E-state index contributed by atoms with van der Waals surface area (Å²) in [6.07, 6.45) is -2.42. The van der Waals surface area contributed by atoms with Crippen LogP contribution in [0.15, 0.2) is 72.9 Å². The molecule has 0 spiro atoms. The molecule has 3 aromatic carbocycles. The van der Waals surface area contributed by atoms with Crippen molar-refractivity contribution in [2.24, 2.45) is 0 Å². The van der Waals surface area contributed by atoms with Crippen LogP contribution in [0.4, 0.5) is 22.0 Å². The summed E-state index contributed by atoms with van der Waals surface area (Å²) in [6, 6.07) is 16.0. The maximum absolute atomic E-state index is 14.2. The van der Waals surface area contributed by atoms with Gasteiger partial charge in [0.25, 0.3) is 0 Å². The van der Waals surface area contributed by atoms with Gasteiger partial charge in [0, 0.05) is 23.6 Å². The third kappa shape index (κ3) is 5.11. The Morgan fingerprint density at radius 3 is 2.11 bits per heavy atom. The van der Waals surface area contributed by atoms with Crippen molar-refractivity contribution >= 4 is 32.2 Å². The topological polar surface area (TPSA) is 65.6 Å². The van der Waals surface area contributed by atoms with Gasteiger partial charge in [-0.1, -0.05) is 47.9 Å². The fraction of sp³-hybridized carbons (Fsp3) is 0.167. The fourth-order valence-corrected chi connectivity index (χ4v) is 4.50. The Kier molecular flexibility index (Phi) is 6.53. The zero-order valence-electron chi connectivity index (χ0n) is 18.0. The quantitative estimate of drug-likeness (QED) is 0.199. The van der Waals surface area contributed by atoms with Crippen molar-refractivity contribution in [2.75, 3.05) is 0 Å². The van der Waals surface area contributed by atoms with E-state index in [4.69, 9.17) is 22.5 Å². The minimum absolute atomic E-state index is 0.102. The monoisotopic (exact) mass is 506 g/mol. The molecule has 35 heavy (non-hydrogen) atoms. The molecule has 1 aromatic heterocycles. The van der Waals surface area contributed by atoms with Crippen LogP contribution in [0.1, 0.15) is 27.8 Å². The molecular weight excluding hydrogens is 487 g/mol. The molecule has 0 aliphatic carbocycles. The highest BCUT2D eigenvalue weighted by Gasteiger charge is 2.63. The van der Waals surface area contributed by atoms with Crippen molar-refractivity contribution in [3.8, 4) is 0 Å². The van der Waals surface area contributed by atoms with E-state index in [9.17, 15) is 22.0 Å². The molecule has 180 valence electrons. The Morgan fingerprint density at radius 1 is 0.829 bits per heavy atom. The lowest BCUT2D eigenvalue weighted by molar-refractivity contribution is -0.137. The van der Waals surface area contributed by atoms with Crippen LogP contribution in [-0.2, 0) is 24.8 Å². The van der Waals surface area contributed by atoms with E-state index >= 15 is 0 Å². The molecule has 0 bridgehead atoms. The van der Waals surface area contributed by atoms with Gasteiger partial charge >= 0.3 is 19.8 Å². The molecule has 0 saturated heterocycles. The van der Waals surface area contributed by atoms with Gasteiger partial charge < -0.3 is 4.57 Å². The van der Waals surface area contributed by atoms with E-state index < -0.39 is 36.4 Å². The highest BCUT2D eigenvalue weighted by atomic mass is 31.2. The fourth-order valence-electron chi connectivity index (χ4n) is 3.98. The Hall–Kier alpha value is -2.78. The minimum Gasteiger partial charge on any atom is -0.343 e. The second kappa shape index (κ2) is 9.02. The van der Waals surface area contributed by atoms with Gasteiger partial charge in [-0.3, -0.25) is 0 Å². The number of aromatic nitrogens is 1. The second-order valence-corrected chi connectivity index (χ2v) is 9.90. The SMILES string of the molecule is [B]c1cc(Cn2cc(Cc3ccccc3)c3cc(C(F)(F)F)ccc32)ccc1C(F)(F)[P+](O)(O)O. The lowest BCUT2D eigenvalue weighted by atomic mass is 9.89. The summed E-state index contributed by atoms with van der Waals surface area (Å²) in [7, 11) is 0.175. The molecule has 4 rings (SSSR count). The smallest absolute Gasteiger partial charge is 0.343 e. The summed E-state index contributed by atoms with van der Waals surface area (Å²) in [4.78, 5) is 27.2. The first-order valence-electron chi connectivity index (χ1n) is 10.3. The van der Waals surface area contributed by atoms with Crippen molar-refractivity contribution in [1.29, 1.82) is 0 Å². The van der Waals surface area contributed by atoms with Gasteiger partial charge in [-0.25, -0.2) is 0 Å². The van der Waals surface area contributed by atoms with Crippen LogP contribution in [0, 0.1) is 0 Å². The van der Waals surface area contributed by atoms with Crippen LogP contribution in [0.5, 0.6) is 0 Å². The van der Waals surface area contributed by atoms with E-state index in [0.717, 1.165) is 23.8 Å². The number of alkyl halides is 5. The van der Waals surface area contributed by atoms with E-state index in [0.29, 0.717) is 28.5 Å². The number of rotatable bonds is 6. The van der Waals surface area contributed by atoms with E-state index in [1.165, 1.54) is 18.2 Å². The number of benzene rings is 3. The number of fused-ring (bicyclic) bond motifs is 1. The van der Waals surface area contributed by atoms with Gasteiger partial charge in [0.1, 0.15) is 7.85 Å². The third-order valence-electron chi connectivity index (χ3n) is 5.70. The van der Waals surface area contributed by atoms with E-state index in [-0.39, 0.29) is 6.54 Å². The highest BCUT2D eigenvalue weighted by molar-refractivity contribution is 7.59. The number of hydrogen-bond acceptors (Lipinski definition) is 3. The van der Waals surface area contributed by atoms with Crippen LogP contribution in [0.2, 0.25) is 0 Å². The summed E-state index contributed by atoms with van der Waals surface area (Å²) < 4.78 is 70.1.